The fourth-order valence-corrected chi connectivity index (χ4v) is 4.48. The normalized spacial score (nSPS) is 26.2. The molecule has 3 atom stereocenters. The molecule has 0 aromatic carbocycles. The summed E-state index contributed by atoms with van der Waals surface area (Å²) in [5, 5.41) is 9.26. The molecule has 1 aromatic heterocycles. The molecule has 2 saturated heterocycles. The van der Waals surface area contributed by atoms with Crippen LogP contribution in [0.15, 0.2) is 24.5 Å². The van der Waals surface area contributed by atoms with Gasteiger partial charge in [0.15, 0.2) is 0 Å². The van der Waals surface area contributed by atoms with E-state index < -0.39 is 0 Å². The monoisotopic (exact) mass is 320 g/mol. The molecule has 3 heterocycles. The van der Waals surface area contributed by atoms with Crippen LogP contribution in [0.3, 0.4) is 0 Å². The summed E-state index contributed by atoms with van der Waals surface area (Å²) in [6.07, 6.45) is 6.75. The van der Waals surface area contributed by atoms with Crippen molar-refractivity contribution < 1.29 is 9.59 Å². The largest absolute Gasteiger partial charge is 0.332 e. The van der Waals surface area contributed by atoms with Gasteiger partial charge in [-0.1, -0.05) is 6.42 Å². The first-order chi connectivity index (χ1) is 10.7. The third kappa shape index (κ3) is 3.71. The number of pyridine rings is 1. The number of rotatable bonds is 6. The molecule has 0 saturated carbocycles. The molecule has 7 heteroatoms. The average Bonchev–Trinajstić information content (AvgIpc) is 3.04. The van der Waals surface area contributed by atoms with Gasteiger partial charge in [-0.2, -0.15) is 11.8 Å². The zero-order valence-corrected chi connectivity index (χ0v) is 13.1. The summed E-state index contributed by atoms with van der Waals surface area (Å²) in [6, 6.07) is 4.05. The van der Waals surface area contributed by atoms with E-state index in [1.54, 1.807) is 24.5 Å². The number of amides is 3. The molecule has 0 radical (unpaired) electrons. The molecule has 0 aliphatic carbocycles. The highest BCUT2D eigenvalue weighted by Gasteiger charge is 2.42. The van der Waals surface area contributed by atoms with Gasteiger partial charge < -0.3 is 16.0 Å². The van der Waals surface area contributed by atoms with E-state index in [-0.39, 0.29) is 24.0 Å². The van der Waals surface area contributed by atoms with Gasteiger partial charge in [0.1, 0.15) is 0 Å². The minimum atomic E-state index is -0.0444. The lowest BCUT2D eigenvalue weighted by Gasteiger charge is -2.16. The van der Waals surface area contributed by atoms with Gasteiger partial charge in [0, 0.05) is 35.5 Å². The van der Waals surface area contributed by atoms with E-state index >= 15 is 0 Å². The Bertz CT molecular complexity index is 540. The van der Waals surface area contributed by atoms with Crippen molar-refractivity contribution in [3.8, 4) is 0 Å². The molecule has 2 aliphatic heterocycles. The second kappa shape index (κ2) is 7.00. The molecule has 0 spiro atoms. The second-order valence-corrected chi connectivity index (χ2v) is 6.92. The second-order valence-electron chi connectivity index (χ2n) is 5.65. The van der Waals surface area contributed by atoms with Gasteiger partial charge in [-0.25, -0.2) is 4.79 Å². The van der Waals surface area contributed by atoms with Crippen LogP contribution < -0.4 is 16.0 Å². The van der Waals surface area contributed by atoms with Gasteiger partial charge in [0.05, 0.1) is 12.1 Å². The van der Waals surface area contributed by atoms with Crippen molar-refractivity contribution >= 4 is 29.4 Å². The SMILES string of the molecule is O=C(CCCC[C@@H]1SC[C@@H]2NC(=O)N[C@@H]21)Nc1ccncc1. The summed E-state index contributed by atoms with van der Waals surface area (Å²) < 4.78 is 0. The van der Waals surface area contributed by atoms with Crippen molar-refractivity contribution in [3.05, 3.63) is 24.5 Å². The van der Waals surface area contributed by atoms with Crippen molar-refractivity contribution in [1.82, 2.24) is 15.6 Å². The quantitative estimate of drug-likeness (QED) is 0.551. The lowest BCUT2D eigenvalue weighted by molar-refractivity contribution is -0.116. The van der Waals surface area contributed by atoms with Crippen LogP contribution in [0.1, 0.15) is 25.7 Å². The van der Waals surface area contributed by atoms with Gasteiger partial charge >= 0.3 is 6.03 Å². The Balaban J connectivity index is 1.34. The molecule has 22 heavy (non-hydrogen) atoms. The number of thioether (sulfide) groups is 1. The number of fused-ring (bicyclic) bond motifs is 1. The number of nitrogens with one attached hydrogen (secondary N) is 3. The standard InChI is InChI=1S/C15H20N4O2S/c20-13(17-10-5-7-16-8-6-10)4-2-1-3-12-14-11(9-22-12)18-15(21)19-14/h5-8,11-12,14H,1-4,9H2,(H,16,17,20)(H2,18,19,21)/t11-,12-,14-/m0/s1. The Kier molecular flexibility index (Phi) is 4.82. The first kappa shape index (κ1) is 15.1. The molecule has 3 amide bonds. The van der Waals surface area contributed by atoms with E-state index in [9.17, 15) is 9.59 Å². The molecule has 2 fully saturated rings. The highest BCUT2D eigenvalue weighted by atomic mass is 32.2. The topological polar surface area (TPSA) is 83.1 Å². The van der Waals surface area contributed by atoms with E-state index in [1.807, 2.05) is 11.8 Å². The number of hydrogen-bond donors (Lipinski definition) is 3. The Morgan fingerprint density at radius 1 is 1.32 bits per heavy atom. The molecule has 1 aromatic rings. The van der Waals surface area contributed by atoms with Crippen LogP contribution in [0, 0.1) is 0 Å². The number of carbonyl (C=O) groups is 2. The van der Waals surface area contributed by atoms with Crippen LogP contribution in [-0.2, 0) is 4.79 Å². The maximum absolute atomic E-state index is 11.8. The summed E-state index contributed by atoms with van der Waals surface area (Å²) >= 11 is 1.91. The number of urea groups is 1. The van der Waals surface area contributed by atoms with Crippen molar-refractivity contribution in [2.75, 3.05) is 11.1 Å². The fraction of sp³-hybridized carbons (Fsp3) is 0.533. The lowest BCUT2D eigenvalue weighted by atomic mass is 10.0. The Morgan fingerprint density at radius 3 is 2.95 bits per heavy atom. The third-order valence-corrected chi connectivity index (χ3v) is 5.55. The number of anilines is 1. The highest BCUT2D eigenvalue weighted by Crippen LogP contribution is 2.33. The molecule has 6 nitrogen and oxygen atoms in total. The molecule has 0 bridgehead atoms. The minimum Gasteiger partial charge on any atom is -0.332 e. The first-order valence-electron chi connectivity index (χ1n) is 7.61. The van der Waals surface area contributed by atoms with E-state index in [0.717, 1.165) is 30.7 Å². The van der Waals surface area contributed by atoms with E-state index in [1.165, 1.54) is 0 Å². The Labute approximate surface area is 133 Å². The molecule has 118 valence electrons. The average molecular weight is 320 g/mol. The third-order valence-electron chi connectivity index (χ3n) is 4.04. The summed E-state index contributed by atoms with van der Waals surface area (Å²) in [4.78, 5) is 27.1. The van der Waals surface area contributed by atoms with Crippen molar-refractivity contribution in [2.45, 2.75) is 43.0 Å². The van der Waals surface area contributed by atoms with E-state index in [0.29, 0.717) is 11.7 Å². The molecule has 0 unspecified atom stereocenters. The number of carbonyl (C=O) groups excluding carboxylic acids is 2. The number of unbranched alkanes of at least 4 members (excludes halogenated alkanes) is 1. The van der Waals surface area contributed by atoms with Crippen LogP contribution in [0.4, 0.5) is 10.5 Å². The number of hydrogen-bond acceptors (Lipinski definition) is 4. The molecule has 3 rings (SSSR count). The van der Waals surface area contributed by atoms with Gasteiger partial charge in [0.2, 0.25) is 5.91 Å². The number of aromatic nitrogens is 1. The van der Waals surface area contributed by atoms with E-state index in [2.05, 4.69) is 20.9 Å². The van der Waals surface area contributed by atoms with Crippen molar-refractivity contribution in [2.24, 2.45) is 0 Å². The minimum absolute atomic E-state index is 0.0407. The molecule has 3 N–H and O–H groups in total. The van der Waals surface area contributed by atoms with Crippen molar-refractivity contribution in [3.63, 3.8) is 0 Å². The van der Waals surface area contributed by atoms with Crippen LogP contribution in [0.25, 0.3) is 0 Å². The Morgan fingerprint density at radius 2 is 2.14 bits per heavy atom. The molecule has 2 aliphatic rings. The predicted molar refractivity (Wildman–Crippen MR) is 86.8 cm³/mol. The summed E-state index contributed by atoms with van der Waals surface area (Å²) in [5.74, 6) is 1.02. The summed E-state index contributed by atoms with van der Waals surface area (Å²) in [5.41, 5.74) is 0.786. The molecular formula is C15H20N4O2S. The zero-order chi connectivity index (χ0) is 15.4. The van der Waals surface area contributed by atoms with E-state index in [4.69, 9.17) is 0 Å². The van der Waals surface area contributed by atoms with Crippen molar-refractivity contribution in [1.29, 1.82) is 0 Å². The molecular weight excluding hydrogens is 300 g/mol. The summed E-state index contributed by atoms with van der Waals surface area (Å²) in [6.45, 7) is 0. The smallest absolute Gasteiger partial charge is 0.315 e. The van der Waals surface area contributed by atoms with Crippen LogP contribution >= 0.6 is 11.8 Å². The number of nitrogens with zero attached hydrogens (tertiary/aromatic N) is 1. The van der Waals surface area contributed by atoms with Crippen LogP contribution in [0.5, 0.6) is 0 Å². The zero-order valence-electron chi connectivity index (χ0n) is 12.2. The Hall–Kier alpha value is -1.76. The maximum Gasteiger partial charge on any atom is 0.315 e. The van der Waals surface area contributed by atoms with Gasteiger partial charge in [-0.05, 0) is 25.0 Å². The first-order valence-corrected chi connectivity index (χ1v) is 8.66. The lowest BCUT2D eigenvalue weighted by Crippen LogP contribution is -2.36. The van der Waals surface area contributed by atoms with Gasteiger partial charge in [-0.15, -0.1) is 0 Å². The maximum atomic E-state index is 11.8. The fourth-order valence-electron chi connectivity index (χ4n) is 2.93. The van der Waals surface area contributed by atoms with Crippen LogP contribution in [-0.4, -0.2) is 40.0 Å². The van der Waals surface area contributed by atoms with Gasteiger partial charge in [0.25, 0.3) is 0 Å². The predicted octanol–water partition coefficient (Wildman–Crippen LogP) is 1.75. The highest BCUT2D eigenvalue weighted by molar-refractivity contribution is 8.00. The van der Waals surface area contributed by atoms with Crippen LogP contribution in [0.2, 0.25) is 0 Å². The summed E-state index contributed by atoms with van der Waals surface area (Å²) in [7, 11) is 0. The van der Waals surface area contributed by atoms with Gasteiger partial charge in [-0.3, -0.25) is 9.78 Å².